The summed E-state index contributed by atoms with van der Waals surface area (Å²) in [6, 6.07) is 0. The number of amides is 1. The fraction of sp³-hybridized carbons (Fsp3) is 0.900. The maximum absolute atomic E-state index is 12.5. The number of rotatable bonds is 6. The van der Waals surface area contributed by atoms with E-state index in [1.807, 2.05) is 4.90 Å². The van der Waals surface area contributed by atoms with Gasteiger partial charge in [-0.05, 0) is 51.6 Å². The summed E-state index contributed by atoms with van der Waals surface area (Å²) >= 11 is 0. The molecule has 0 aliphatic carbocycles. The van der Waals surface area contributed by atoms with Gasteiger partial charge in [-0.1, -0.05) is 6.92 Å². The summed E-state index contributed by atoms with van der Waals surface area (Å²) in [7, 11) is 0. The van der Waals surface area contributed by atoms with E-state index in [0.29, 0.717) is 5.92 Å². The molecule has 27 heavy (non-hydrogen) atoms. The maximum atomic E-state index is 12.5. The molecule has 1 amide bonds. The molecule has 3 heterocycles. The van der Waals surface area contributed by atoms with Crippen LogP contribution in [0.3, 0.4) is 0 Å². The zero-order valence-electron chi connectivity index (χ0n) is 17.2. The van der Waals surface area contributed by atoms with E-state index < -0.39 is 0 Å². The predicted octanol–water partition coefficient (Wildman–Crippen LogP) is 1.01. The average molecular weight is 380 g/mol. The molecule has 0 bridgehead atoms. The van der Waals surface area contributed by atoms with Gasteiger partial charge >= 0.3 is 0 Å². The number of nitrogens with zero attached hydrogens (tertiary/aromatic N) is 4. The molecule has 3 fully saturated rings. The normalized spacial score (nSPS) is 27.4. The SMILES string of the molecule is CCCN1CCC(CN=C(NCC)N2CCN(C(=O)C3CCCO3)CC2)C1. The zero-order valence-corrected chi connectivity index (χ0v) is 17.2. The Labute approximate surface area is 164 Å². The molecular formula is C20H37N5O2. The van der Waals surface area contributed by atoms with E-state index in [2.05, 4.69) is 29.0 Å². The molecule has 3 saturated heterocycles. The van der Waals surface area contributed by atoms with Gasteiger partial charge in [0.2, 0.25) is 0 Å². The Morgan fingerprint density at radius 3 is 2.56 bits per heavy atom. The van der Waals surface area contributed by atoms with Crippen molar-refractivity contribution in [1.29, 1.82) is 0 Å². The molecule has 0 radical (unpaired) electrons. The molecule has 3 rings (SSSR count). The first-order chi connectivity index (χ1) is 13.2. The largest absolute Gasteiger partial charge is 0.368 e. The second kappa shape index (κ2) is 10.3. The Bertz CT molecular complexity index is 499. The van der Waals surface area contributed by atoms with Crippen LogP contribution in [0.15, 0.2) is 4.99 Å². The molecule has 0 aromatic rings. The molecule has 2 atom stereocenters. The minimum Gasteiger partial charge on any atom is -0.368 e. The molecule has 3 aliphatic rings. The van der Waals surface area contributed by atoms with Gasteiger partial charge in [0.25, 0.3) is 5.91 Å². The van der Waals surface area contributed by atoms with Crippen LogP contribution in [0, 0.1) is 5.92 Å². The summed E-state index contributed by atoms with van der Waals surface area (Å²) in [6.07, 6.45) is 4.16. The maximum Gasteiger partial charge on any atom is 0.251 e. The van der Waals surface area contributed by atoms with E-state index in [4.69, 9.17) is 9.73 Å². The number of ether oxygens (including phenoxy) is 1. The lowest BCUT2D eigenvalue weighted by Gasteiger charge is -2.37. The average Bonchev–Trinajstić information content (AvgIpc) is 3.37. The minimum atomic E-state index is -0.202. The first-order valence-corrected chi connectivity index (χ1v) is 10.9. The molecule has 0 aromatic heterocycles. The molecular weight excluding hydrogens is 342 g/mol. The number of aliphatic imine (C=N–C) groups is 1. The van der Waals surface area contributed by atoms with Gasteiger partial charge in [0.05, 0.1) is 0 Å². The Kier molecular flexibility index (Phi) is 7.76. The van der Waals surface area contributed by atoms with Crippen LogP contribution < -0.4 is 5.32 Å². The van der Waals surface area contributed by atoms with Gasteiger partial charge in [0.1, 0.15) is 6.10 Å². The summed E-state index contributed by atoms with van der Waals surface area (Å²) in [4.78, 5) is 24.3. The molecule has 0 saturated carbocycles. The number of carbonyl (C=O) groups is 1. The van der Waals surface area contributed by atoms with Crippen LogP contribution >= 0.6 is 0 Å². The molecule has 3 aliphatic heterocycles. The van der Waals surface area contributed by atoms with Gasteiger partial charge in [0, 0.05) is 52.4 Å². The van der Waals surface area contributed by atoms with E-state index in [0.717, 1.165) is 64.7 Å². The highest BCUT2D eigenvalue weighted by Gasteiger charge is 2.31. The van der Waals surface area contributed by atoms with Gasteiger partial charge in [-0.15, -0.1) is 0 Å². The Morgan fingerprint density at radius 1 is 1.11 bits per heavy atom. The van der Waals surface area contributed by atoms with Crippen molar-refractivity contribution in [3.63, 3.8) is 0 Å². The predicted molar refractivity (Wildman–Crippen MR) is 108 cm³/mol. The highest BCUT2D eigenvalue weighted by atomic mass is 16.5. The van der Waals surface area contributed by atoms with E-state index >= 15 is 0 Å². The number of guanidine groups is 1. The highest BCUT2D eigenvalue weighted by molar-refractivity contribution is 5.82. The lowest BCUT2D eigenvalue weighted by Crippen LogP contribution is -2.55. The van der Waals surface area contributed by atoms with Gasteiger partial charge in [0.15, 0.2) is 5.96 Å². The van der Waals surface area contributed by atoms with Crippen molar-refractivity contribution in [2.45, 2.75) is 45.6 Å². The van der Waals surface area contributed by atoms with Crippen LogP contribution in [0.25, 0.3) is 0 Å². The summed E-state index contributed by atoms with van der Waals surface area (Å²) < 4.78 is 5.56. The van der Waals surface area contributed by atoms with Crippen molar-refractivity contribution in [1.82, 2.24) is 20.0 Å². The first kappa shape index (κ1) is 20.4. The van der Waals surface area contributed by atoms with Crippen LogP contribution in [-0.4, -0.2) is 98.2 Å². The molecule has 7 nitrogen and oxygen atoms in total. The third-order valence-electron chi connectivity index (χ3n) is 5.84. The molecule has 154 valence electrons. The van der Waals surface area contributed by atoms with Crippen molar-refractivity contribution in [3.8, 4) is 0 Å². The number of likely N-dealkylation sites (tertiary alicyclic amines) is 1. The Hall–Kier alpha value is -1.34. The van der Waals surface area contributed by atoms with E-state index in [1.165, 1.54) is 32.5 Å². The summed E-state index contributed by atoms with van der Waals surface area (Å²) in [5.41, 5.74) is 0. The molecule has 0 spiro atoms. The van der Waals surface area contributed by atoms with Crippen LogP contribution in [0.1, 0.15) is 39.5 Å². The lowest BCUT2D eigenvalue weighted by molar-refractivity contribution is -0.142. The van der Waals surface area contributed by atoms with Crippen LogP contribution in [0.5, 0.6) is 0 Å². The molecule has 2 unspecified atom stereocenters. The quantitative estimate of drug-likeness (QED) is 0.551. The molecule has 7 heteroatoms. The fourth-order valence-electron chi connectivity index (χ4n) is 4.34. The second-order valence-corrected chi connectivity index (χ2v) is 7.96. The summed E-state index contributed by atoms with van der Waals surface area (Å²) in [5.74, 6) is 1.86. The van der Waals surface area contributed by atoms with Gasteiger partial charge in [-0.2, -0.15) is 0 Å². The van der Waals surface area contributed by atoms with Crippen LogP contribution in [-0.2, 0) is 9.53 Å². The lowest BCUT2D eigenvalue weighted by atomic mass is 10.1. The third kappa shape index (κ3) is 5.57. The van der Waals surface area contributed by atoms with Crippen molar-refractivity contribution in [2.24, 2.45) is 10.9 Å². The van der Waals surface area contributed by atoms with Gasteiger partial charge < -0.3 is 24.8 Å². The standard InChI is InChI=1S/C20H37N5O2/c1-3-8-23-9-7-17(16-23)15-22-20(21-4-2)25-12-10-24(11-13-25)19(26)18-6-5-14-27-18/h17-18H,3-16H2,1-2H3,(H,21,22). The van der Waals surface area contributed by atoms with Crippen molar-refractivity contribution in [2.75, 3.05) is 65.5 Å². The van der Waals surface area contributed by atoms with Gasteiger partial charge in [-0.3, -0.25) is 9.79 Å². The Balaban J connectivity index is 1.48. The minimum absolute atomic E-state index is 0.177. The van der Waals surface area contributed by atoms with E-state index in [-0.39, 0.29) is 12.0 Å². The van der Waals surface area contributed by atoms with Crippen molar-refractivity contribution < 1.29 is 9.53 Å². The van der Waals surface area contributed by atoms with E-state index in [1.54, 1.807) is 0 Å². The smallest absolute Gasteiger partial charge is 0.251 e. The Morgan fingerprint density at radius 2 is 1.89 bits per heavy atom. The molecule has 0 aromatic carbocycles. The molecule has 1 N–H and O–H groups in total. The van der Waals surface area contributed by atoms with Crippen LogP contribution in [0.2, 0.25) is 0 Å². The number of piperazine rings is 1. The zero-order chi connectivity index (χ0) is 19.1. The van der Waals surface area contributed by atoms with Crippen molar-refractivity contribution in [3.05, 3.63) is 0 Å². The van der Waals surface area contributed by atoms with Gasteiger partial charge in [-0.25, -0.2) is 0 Å². The van der Waals surface area contributed by atoms with E-state index in [9.17, 15) is 4.79 Å². The highest BCUT2D eigenvalue weighted by Crippen LogP contribution is 2.18. The number of carbonyl (C=O) groups excluding carboxylic acids is 1. The number of hydrogen-bond donors (Lipinski definition) is 1. The number of nitrogens with one attached hydrogen (secondary N) is 1. The topological polar surface area (TPSA) is 60.4 Å². The summed E-state index contributed by atoms with van der Waals surface area (Å²) in [5, 5.41) is 3.45. The monoisotopic (exact) mass is 379 g/mol. The summed E-state index contributed by atoms with van der Waals surface area (Å²) in [6.45, 7) is 13.7. The van der Waals surface area contributed by atoms with Crippen LogP contribution in [0.4, 0.5) is 0 Å². The third-order valence-corrected chi connectivity index (χ3v) is 5.84. The second-order valence-electron chi connectivity index (χ2n) is 7.96. The first-order valence-electron chi connectivity index (χ1n) is 10.9. The fourth-order valence-corrected chi connectivity index (χ4v) is 4.34. The van der Waals surface area contributed by atoms with Crippen molar-refractivity contribution >= 4 is 11.9 Å². The number of hydrogen-bond acceptors (Lipinski definition) is 4.